The van der Waals surface area contributed by atoms with Gasteiger partial charge in [0.05, 0.1) is 16.7 Å². The molecule has 1 saturated heterocycles. The van der Waals surface area contributed by atoms with Crippen molar-refractivity contribution in [3.05, 3.63) is 56.7 Å². The number of benzene rings is 1. The van der Waals surface area contributed by atoms with Crippen molar-refractivity contribution in [1.82, 2.24) is 14.5 Å². The zero-order chi connectivity index (χ0) is 21.6. The van der Waals surface area contributed by atoms with Crippen LogP contribution in [-0.4, -0.2) is 38.4 Å². The molecule has 7 nitrogen and oxygen atoms in total. The van der Waals surface area contributed by atoms with Gasteiger partial charge in [-0.2, -0.15) is 0 Å². The molecule has 1 aliphatic carbocycles. The van der Waals surface area contributed by atoms with Crippen LogP contribution >= 0.6 is 0 Å². The molecule has 2 aliphatic rings. The fraction of sp³-hybridized carbons (Fsp3) is 0.565. The number of hydrogen-bond donors (Lipinski definition) is 0. The summed E-state index contributed by atoms with van der Waals surface area (Å²) in [4.78, 5) is 31.0. The minimum Gasteiger partial charge on any atom is -0.336 e. The van der Waals surface area contributed by atoms with E-state index in [0.717, 1.165) is 25.1 Å². The number of rotatable bonds is 3. The maximum atomic E-state index is 13.2. The van der Waals surface area contributed by atoms with Gasteiger partial charge in [0.1, 0.15) is 5.82 Å². The third kappa shape index (κ3) is 3.61. The molecule has 4 rings (SSSR count). The number of carbonyl (C=O) groups excluding carboxylic acids is 1. The lowest BCUT2D eigenvalue weighted by molar-refractivity contribution is -0.386. The molecule has 0 unspecified atom stereocenters. The van der Waals surface area contributed by atoms with Crippen LogP contribution in [0.3, 0.4) is 0 Å². The first-order chi connectivity index (χ1) is 14.2. The molecular formula is C23H30N4O3. The van der Waals surface area contributed by atoms with E-state index in [1.165, 1.54) is 30.3 Å². The number of aromatic nitrogens is 2. The van der Waals surface area contributed by atoms with Crippen LogP contribution in [0.5, 0.6) is 0 Å². The van der Waals surface area contributed by atoms with Crippen molar-refractivity contribution in [3.8, 4) is 0 Å². The first kappa shape index (κ1) is 20.6. The lowest BCUT2D eigenvalue weighted by Gasteiger charge is -2.22. The largest absolute Gasteiger partial charge is 0.336 e. The third-order valence-electron chi connectivity index (χ3n) is 6.41. The molecule has 0 N–H and O–H groups in total. The van der Waals surface area contributed by atoms with Gasteiger partial charge >= 0.3 is 0 Å². The van der Waals surface area contributed by atoms with Crippen LogP contribution in [0.2, 0.25) is 0 Å². The lowest BCUT2D eigenvalue weighted by atomic mass is 9.85. The predicted octanol–water partition coefficient (Wildman–Crippen LogP) is 4.36. The second-order valence-electron chi connectivity index (χ2n) is 9.56. The monoisotopic (exact) mass is 410 g/mol. The van der Waals surface area contributed by atoms with Crippen LogP contribution in [0.25, 0.3) is 0 Å². The number of amides is 1. The van der Waals surface area contributed by atoms with E-state index < -0.39 is 0 Å². The smallest absolute Gasteiger partial charge is 0.273 e. The summed E-state index contributed by atoms with van der Waals surface area (Å²) in [5, 5.41) is 11.6. The zero-order valence-corrected chi connectivity index (χ0v) is 18.3. The van der Waals surface area contributed by atoms with E-state index in [1.807, 2.05) is 25.7 Å². The molecule has 30 heavy (non-hydrogen) atoms. The van der Waals surface area contributed by atoms with Gasteiger partial charge in [-0.05, 0) is 50.5 Å². The van der Waals surface area contributed by atoms with Crippen LogP contribution in [0.1, 0.15) is 79.2 Å². The van der Waals surface area contributed by atoms with E-state index in [4.69, 9.17) is 4.98 Å². The summed E-state index contributed by atoms with van der Waals surface area (Å²) in [5.74, 6) is 0.902. The molecule has 1 amide bonds. The maximum Gasteiger partial charge on any atom is 0.273 e. The van der Waals surface area contributed by atoms with Gasteiger partial charge in [0.2, 0.25) is 0 Å². The average Bonchev–Trinajstić information content (AvgIpc) is 3.29. The molecule has 7 heteroatoms. The molecule has 2 heterocycles. The fourth-order valence-electron chi connectivity index (χ4n) is 4.95. The Morgan fingerprint density at radius 2 is 1.97 bits per heavy atom. The van der Waals surface area contributed by atoms with E-state index in [2.05, 4.69) is 11.5 Å². The summed E-state index contributed by atoms with van der Waals surface area (Å²) in [6.45, 7) is 9.15. The van der Waals surface area contributed by atoms with Crippen molar-refractivity contribution in [2.45, 2.75) is 71.3 Å². The topological polar surface area (TPSA) is 81.3 Å². The highest BCUT2D eigenvalue weighted by molar-refractivity contribution is 5.95. The molecule has 1 atom stereocenters. The zero-order valence-electron chi connectivity index (χ0n) is 18.3. The van der Waals surface area contributed by atoms with E-state index in [1.54, 1.807) is 12.1 Å². The molecule has 2 aromatic rings. The third-order valence-corrected chi connectivity index (χ3v) is 6.41. The van der Waals surface area contributed by atoms with Gasteiger partial charge in [-0.1, -0.05) is 26.8 Å². The van der Waals surface area contributed by atoms with Gasteiger partial charge in [-0.3, -0.25) is 14.9 Å². The van der Waals surface area contributed by atoms with Gasteiger partial charge < -0.3 is 9.47 Å². The number of nitro benzene ring substituents is 1. The van der Waals surface area contributed by atoms with Gasteiger partial charge in [0.15, 0.2) is 0 Å². The van der Waals surface area contributed by atoms with Crippen LogP contribution in [0.15, 0.2) is 18.2 Å². The van der Waals surface area contributed by atoms with E-state index >= 15 is 0 Å². The Morgan fingerprint density at radius 3 is 2.67 bits per heavy atom. The number of imidazole rings is 1. The molecule has 0 radical (unpaired) electrons. The molecule has 0 spiro atoms. The normalized spacial score (nSPS) is 19.1. The second kappa shape index (κ2) is 7.52. The van der Waals surface area contributed by atoms with Crippen molar-refractivity contribution in [3.63, 3.8) is 0 Å². The summed E-state index contributed by atoms with van der Waals surface area (Å²) in [6, 6.07) is 5.14. The molecule has 0 bridgehead atoms. The fourth-order valence-corrected chi connectivity index (χ4v) is 4.95. The van der Waals surface area contributed by atoms with Crippen LogP contribution in [0.4, 0.5) is 5.69 Å². The highest BCUT2D eigenvalue weighted by Crippen LogP contribution is 2.34. The Hall–Kier alpha value is -2.70. The van der Waals surface area contributed by atoms with Crippen molar-refractivity contribution in [2.75, 3.05) is 13.1 Å². The number of likely N-dealkylation sites (tertiary alicyclic amines) is 1. The molecule has 160 valence electrons. The van der Waals surface area contributed by atoms with Crippen molar-refractivity contribution < 1.29 is 9.72 Å². The second-order valence-corrected chi connectivity index (χ2v) is 9.56. The molecule has 1 aliphatic heterocycles. The molecule has 1 fully saturated rings. The van der Waals surface area contributed by atoms with Crippen LogP contribution in [0, 0.1) is 17.0 Å². The highest BCUT2D eigenvalue weighted by atomic mass is 16.6. The van der Waals surface area contributed by atoms with Gasteiger partial charge in [0.25, 0.3) is 11.6 Å². The summed E-state index contributed by atoms with van der Waals surface area (Å²) >= 11 is 0. The standard InChI is InChI=1S/C23H30N4O3/c1-15-24-19-7-5-6-8-20(19)26(15)17-11-12-25(14-17)22(28)16-9-10-18(23(2,3)4)21(13-16)27(29)30/h9-10,13,17H,5-8,11-12,14H2,1-4H3/t17-/m0/s1. The molecule has 1 aromatic heterocycles. The molecular weight excluding hydrogens is 380 g/mol. The number of carbonyl (C=O) groups is 1. The summed E-state index contributed by atoms with van der Waals surface area (Å²) in [6.07, 6.45) is 5.38. The maximum absolute atomic E-state index is 13.2. The number of hydrogen-bond acceptors (Lipinski definition) is 4. The number of aryl methyl sites for hydroxylation is 2. The average molecular weight is 411 g/mol. The quantitative estimate of drug-likeness (QED) is 0.556. The van der Waals surface area contributed by atoms with E-state index in [-0.39, 0.29) is 28.0 Å². The molecule has 1 aromatic carbocycles. The lowest BCUT2D eigenvalue weighted by Crippen LogP contribution is -2.30. The Bertz CT molecular complexity index is 1000. The predicted molar refractivity (Wildman–Crippen MR) is 115 cm³/mol. The van der Waals surface area contributed by atoms with Crippen molar-refractivity contribution >= 4 is 11.6 Å². The van der Waals surface area contributed by atoms with Crippen molar-refractivity contribution in [1.29, 1.82) is 0 Å². The van der Waals surface area contributed by atoms with Crippen LogP contribution in [-0.2, 0) is 18.3 Å². The van der Waals surface area contributed by atoms with Gasteiger partial charge in [-0.25, -0.2) is 4.98 Å². The first-order valence-electron chi connectivity index (χ1n) is 10.8. The number of nitro groups is 1. The van der Waals surface area contributed by atoms with E-state index in [9.17, 15) is 14.9 Å². The van der Waals surface area contributed by atoms with E-state index in [0.29, 0.717) is 24.2 Å². The highest BCUT2D eigenvalue weighted by Gasteiger charge is 2.33. The Labute approximate surface area is 177 Å². The minimum atomic E-state index is -0.384. The summed E-state index contributed by atoms with van der Waals surface area (Å²) in [5.41, 5.74) is 3.24. The molecule has 0 saturated carbocycles. The number of fused-ring (bicyclic) bond motifs is 1. The number of nitrogens with zero attached hydrogens (tertiary/aromatic N) is 4. The van der Waals surface area contributed by atoms with Gasteiger partial charge in [0, 0.05) is 36.0 Å². The SMILES string of the molecule is Cc1nc2c(n1[C@H]1CCN(C(=O)c3ccc(C(C)(C)C)c([N+](=O)[O-])c3)C1)CCCC2. The summed E-state index contributed by atoms with van der Waals surface area (Å²) < 4.78 is 2.34. The first-order valence-corrected chi connectivity index (χ1v) is 10.8. The minimum absolute atomic E-state index is 0.0172. The Kier molecular flexibility index (Phi) is 5.16. The Balaban J connectivity index is 1.57. The Morgan fingerprint density at radius 1 is 1.23 bits per heavy atom. The van der Waals surface area contributed by atoms with Crippen molar-refractivity contribution in [2.24, 2.45) is 0 Å². The van der Waals surface area contributed by atoms with Crippen LogP contribution < -0.4 is 0 Å². The van der Waals surface area contributed by atoms with Gasteiger partial charge in [-0.15, -0.1) is 0 Å². The summed E-state index contributed by atoms with van der Waals surface area (Å²) in [7, 11) is 0.